The van der Waals surface area contributed by atoms with Crippen molar-refractivity contribution in [3.63, 3.8) is 0 Å². The summed E-state index contributed by atoms with van der Waals surface area (Å²) >= 11 is 1.92. The second-order valence-electron chi connectivity index (χ2n) is 4.92. The van der Waals surface area contributed by atoms with Gasteiger partial charge >= 0.3 is 0 Å². The second kappa shape index (κ2) is 6.59. The lowest BCUT2D eigenvalue weighted by Crippen LogP contribution is -2.51. The molecule has 1 aromatic carbocycles. The van der Waals surface area contributed by atoms with E-state index < -0.39 is 0 Å². The Balaban J connectivity index is 2.08. The number of methoxy groups -OCH3 is 1. The van der Waals surface area contributed by atoms with Crippen LogP contribution in [0, 0.1) is 5.82 Å². The number of hydrogen-bond acceptors (Lipinski definition) is 4. The number of nitrogens with zero attached hydrogens (tertiary/aromatic N) is 1. The molecule has 1 aliphatic heterocycles. The Hall–Kier alpha value is -0.780. The molecular formula is C14H21FN2OS. The Kier molecular flexibility index (Phi) is 5.07. The van der Waals surface area contributed by atoms with Crippen LogP contribution in [0.5, 0.6) is 5.75 Å². The molecule has 1 heterocycles. The Morgan fingerprint density at radius 3 is 3.05 bits per heavy atom. The van der Waals surface area contributed by atoms with Crippen molar-refractivity contribution in [2.75, 3.05) is 32.2 Å². The number of likely N-dealkylation sites (N-methyl/N-ethyl adjacent to an activating group) is 1. The van der Waals surface area contributed by atoms with E-state index in [1.165, 1.54) is 7.11 Å². The highest BCUT2D eigenvalue weighted by Crippen LogP contribution is 2.23. The van der Waals surface area contributed by atoms with Crippen LogP contribution in [-0.4, -0.2) is 49.2 Å². The predicted octanol–water partition coefficient (Wildman–Crippen LogP) is 1.75. The summed E-state index contributed by atoms with van der Waals surface area (Å²) in [5, 5.41) is 0. The summed E-state index contributed by atoms with van der Waals surface area (Å²) in [5.74, 6) is 2.17. The fourth-order valence-corrected chi connectivity index (χ4v) is 3.74. The third-order valence-corrected chi connectivity index (χ3v) is 4.70. The van der Waals surface area contributed by atoms with Gasteiger partial charge in [0.15, 0.2) is 11.6 Å². The molecule has 0 amide bonds. The van der Waals surface area contributed by atoms with E-state index in [9.17, 15) is 4.39 Å². The van der Waals surface area contributed by atoms with Crippen LogP contribution in [-0.2, 0) is 6.42 Å². The molecule has 1 fully saturated rings. The molecule has 2 atom stereocenters. The SMILES string of the molecule is COc1cccc(CC(N)C2CSCCN2C)c1F. The predicted molar refractivity (Wildman–Crippen MR) is 78.4 cm³/mol. The van der Waals surface area contributed by atoms with Gasteiger partial charge in [-0.05, 0) is 25.1 Å². The Morgan fingerprint density at radius 1 is 1.58 bits per heavy atom. The highest BCUT2D eigenvalue weighted by molar-refractivity contribution is 7.99. The molecule has 1 saturated heterocycles. The molecule has 5 heteroatoms. The Labute approximate surface area is 118 Å². The molecule has 0 radical (unpaired) electrons. The number of rotatable bonds is 4. The van der Waals surface area contributed by atoms with Crippen molar-refractivity contribution in [2.24, 2.45) is 5.73 Å². The molecular weight excluding hydrogens is 263 g/mol. The van der Waals surface area contributed by atoms with E-state index in [0.717, 1.165) is 18.1 Å². The molecule has 2 unspecified atom stereocenters. The summed E-state index contributed by atoms with van der Waals surface area (Å²) in [7, 11) is 3.57. The summed E-state index contributed by atoms with van der Waals surface area (Å²) in [6.07, 6.45) is 0.540. The number of nitrogens with two attached hydrogens (primary N) is 1. The van der Waals surface area contributed by atoms with Crippen LogP contribution in [0.25, 0.3) is 0 Å². The van der Waals surface area contributed by atoms with Gasteiger partial charge in [-0.3, -0.25) is 0 Å². The zero-order valence-corrected chi connectivity index (χ0v) is 12.3. The quantitative estimate of drug-likeness (QED) is 0.914. The maximum Gasteiger partial charge on any atom is 0.168 e. The highest BCUT2D eigenvalue weighted by atomic mass is 32.2. The molecule has 19 heavy (non-hydrogen) atoms. The normalized spacial score (nSPS) is 22.2. The van der Waals surface area contributed by atoms with E-state index in [-0.39, 0.29) is 17.6 Å². The van der Waals surface area contributed by atoms with Gasteiger partial charge in [0.1, 0.15) is 0 Å². The second-order valence-corrected chi connectivity index (χ2v) is 6.07. The number of ether oxygens (including phenoxy) is 1. The van der Waals surface area contributed by atoms with Crippen LogP contribution in [0.1, 0.15) is 5.56 Å². The van der Waals surface area contributed by atoms with Crippen molar-refractivity contribution in [2.45, 2.75) is 18.5 Å². The molecule has 3 nitrogen and oxygen atoms in total. The van der Waals surface area contributed by atoms with Gasteiger partial charge in [-0.25, -0.2) is 4.39 Å². The molecule has 0 bridgehead atoms. The average Bonchev–Trinajstić information content (AvgIpc) is 2.41. The first-order valence-corrected chi connectivity index (χ1v) is 7.64. The smallest absolute Gasteiger partial charge is 0.168 e. The highest BCUT2D eigenvalue weighted by Gasteiger charge is 2.26. The largest absolute Gasteiger partial charge is 0.494 e. The van der Waals surface area contributed by atoms with Crippen molar-refractivity contribution in [1.82, 2.24) is 4.90 Å². The van der Waals surface area contributed by atoms with E-state index in [1.54, 1.807) is 12.1 Å². The molecule has 0 saturated carbocycles. The zero-order chi connectivity index (χ0) is 13.8. The van der Waals surface area contributed by atoms with E-state index in [2.05, 4.69) is 11.9 Å². The van der Waals surface area contributed by atoms with Crippen molar-refractivity contribution in [3.05, 3.63) is 29.6 Å². The minimum Gasteiger partial charge on any atom is -0.494 e. The lowest BCUT2D eigenvalue weighted by atomic mass is 9.99. The van der Waals surface area contributed by atoms with E-state index in [4.69, 9.17) is 10.5 Å². The zero-order valence-electron chi connectivity index (χ0n) is 11.4. The topological polar surface area (TPSA) is 38.5 Å². The van der Waals surface area contributed by atoms with Gasteiger partial charge in [0, 0.05) is 30.1 Å². The van der Waals surface area contributed by atoms with Crippen LogP contribution in [0.2, 0.25) is 0 Å². The molecule has 2 N–H and O–H groups in total. The van der Waals surface area contributed by atoms with Gasteiger partial charge in [0.2, 0.25) is 0 Å². The fraction of sp³-hybridized carbons (Fsp3) is 0.571. The molecule has 1 aliphatic rings. The van der Waals surface area contributed by atoms with Gasteiger partial charge in [-0.15, -0.1) is 0 Å². The summed E-state index contributed by atoms with van der Waals surface area (Å²) in [5.41, 5.74) is 6.90. The molecule has 0 spiro atoms. The first kappa shape index (κ1) is 14.6. The molecule has 1 aromatic rings. The molecule has 0 aliphatic carbocycles. The molecule has 2 rings (SSSR count). The number of halogens is 1. The van der Waals surface area contributed by atoms with Crippen molar-refractivity contribution >= 4 is 11.8 Å². The van der Waals surface area contributed by atoms with Gasteiger partial charge in [0.05, 0.1) is 7.11 Å². The first-order chi connectivity index (χ1) is 9.13. The standard InChI is InChI=1S/C14H21FN2OS/c1-17-6-7-19-9-12(17)11(16)8-10-4-3-5-13(18-2)14(10)15/h3-5,11-12H,6-9,16H2,1-2H3. The number of thioether (sulfide) groups is 1. The maximum absolute atomic E-state index is 14.1. The Morgan fingerprint density at radius 2 is 2.37 bits per heavy atom. The van der Waals surface area contributed by atoms with Gasteiger partial charge in [-0.1, -0.05) is 12.1 Å². The average molecular weight is 284 g/mol. The van der Waals surface area contributed by atoms with Crippen LogP contribution < -0.4 is 10.5 Å². The summed E-state index contributed by atoms with van der Waals surface area (Å²) < 4.78 is 19.1. The van der Waals surface area contributed by atoms with Crippen LogP contribution in [0.3, 0.4) is 0 Å². The van der Waals surface area contributed by atoms with Gasteiger partial charge in [0.25, 0.3) is 0 Å². The monoisotopic (exact) mass is 284 g/mol. The fourth-order valence-electron chi connectivity index (χ4n) is 2.42. The van der Waals surface area contributed by atoms with E-state index in [1.807, 2.05) is 17.8 Å². The van der Waals surface area contributed by atoms with Crippen molar-refractivity contribution in [3.8, 4) is 5.75 Å². The summed E-state index contributed by atoms with van der Waals surface area (Å²) in [4.78, 5) is 2.28. The van der Waals surface area contributed by atoms with Gasteiger partial charge < -0.3 is 15.4 Å². The summed E-state index contributed by atoms with van der Waals surface area (Å²) in [6.45, 7) is 1.05. The third kappa shape index (κ3) is 3.41. The third-order valence-electron chi connectivity index (χ3n) is 3.66. The minimum absolute atomic E-state index is 0.0561. The van der Waals surface area contributed by atoms with Crippen LogP contribution in [0.4, 0.5) is 4.39 Å². The summed E-state index contributed by atoms with van der Waals surface area (Å²) in [6, 6.07) is 5.48. The molecule has 106 valence electrons. The maximum atomic E-state index is 14.1. The van der Waals surface area contributed by atoms with Gasteiger partial charge in [-0.2, -0.15) is 11.8 Å². The first-order valence-electron chi connectivity index (χ1n) is 6.48. The number of benzene rings is 1. The molecule has 0 aromatic heterocycles. The van der Waals surface area contributed by atoms with Crippen molar-refractivity contribution < 1.29 is 9.13 Å². The minimum atomic E-state index is -0.286. The Bertz CT molecular complexity index is 430. The van der Waals surface area contributed by atoms with Crippen LogP contribution >= 0.6 is 11.8 Å². The number of hydrogen-bond donors (Lipinski definition) is 1. The lowest BCUT2D eigenvalue weighted by Gasteiger charge is -2.36. The van der Waals surface area contributed by atoms with E-state index in [0.29, 0.717) is 18.0 Å². The lowest BCUT2D eigenvalue weighted by molar-refractivity contribution is 0.234. The van der Waals surface area contributed by atoms with Crippen LogP contribution in [0.15, 0.2) is 18.2 Å². The van der Waals surface area contributed by atoms with E-state index >= 15 is 0 Å². The van der Waals surface area contributed by atoms with Crippen molar-refractivity contribution in [1.29, 1.82) is 0 Å².